The van der Waals surface area contributed by atoms with E-state index in [0.29, 0.717) is 0 Å². The molecule has 0 aromatic carbocycles. The monoisotopic (exact) mass is 1160 g/mol. The Balaban J connectivity index is -0.0000000997. The van der Waals surface area contributed by atoms with E-state index in [-0.39, 0.29) is 0 Å². The minimum atomic E-state index is -2.28. The van der Waals surface area contributed by atoms with Crippen molar-refractivity contribution in [1.29, 1.82) is 0 Å². The summed E-state index contributed by atoms with van der Waals surface area (Å²) >= 11 is 23.1. The smallest absolute Gasteiger partial charge is 0.254 e. The summed E-state index contributed by atoms with van der Waals surface area (Å²) in [5, 5.41) is 0. The molecule has 0 aromatic rings. The van der Waals surface area contributed by atoms with Crippen molar-refractivity contribution < 1.29 is 17.1 Å². The molecule has 0 radical (unpaired) electrons. The lowest BCUT2D eigenvalue weighted by atomic mass is 10.9. The van der Waals surface area contributed by atoms with Gasteiger partial charge in [0.2, 0.25) is 15.7 Å². The van der Waals surface area contributed by atoms with Crippen LogP contribution >= 0.6 is 44.3 Å². The van der Waals surface area contributed by atoms with Gasteiger partial charge in [-0.25, -0.2) is 0 Å². The molecule has 0 N–H and O–H groups in total. The van der Waals surface area contributed by atoms with E-state index in [9.17, 15) is 0 Å². The first-order valence-electron chi connectivity index (χ1n) is 21.3. The summed E-state index contributed by atoms with van der Waals surface area (Å²) in [4.78, 5) is 0. The lowest BCUT2D eigenvalue weighted by Gasteiger charge is -2.31. The first-order valence-corrected chi connectivity index (χ1v) is 53.5. The highest BCUT2D eigenvalue weighted by molar-refractivity contribution is 7.28. The molecule has 0 aliphatic heterocycles. The SMILES string of the molecule is C=C[Si](C)(C)Cl.C=C[Si](C)(C)OCC.C=C[Si](C)(C)O[Si](C)(C)C=C.C=C[Si](C)(Cl)C=C.C=C[Si](C=C)(C=C)O[Si](C=C)(C=C)C=C.C=C[Si](Cl)(C=C)C=C.CO[Si](C)(C)C.C[Si](C)(C)Cl. The van der Waals surface area contributed by atoms with Gasteiger partial charge in [-0.05, 0) is 72.4 Å². The maximum atomic E-state index is 6.09. The molecule has 0 saturated carbocycles. The van der Waals surface area contributed by atoms with E-state index in [2.05, 4.69) is 177 Å². The Morgan fingerprint density at radius 2 is 0.591 bits per heavy atom. The van der Waals surface area contributed by atoms with Crippen LogP contribution in [0.1, 0.15) is 6.92 Å². The zero-order valence-electron chi connectivity index (χ0n) is 45.1. The van der Waals surface area contributed by atoms with Crippen molar-refractivity contribution in [3.63, 3.8) is 0 Å². The van der Waals surface area contributed by atoms with Crippen molar-refractivity contribution in [1.82, 2.24) is 0 Å². The third-order valence-corrected chi connectivity index (χ3v) is 30.9. The number of rotatable bonds is 22. The predicted octanol–water partition coefficient (Wildman–Crippen LogP) is 18.3. The topological polar surface area (TPSA) is 36.9 Å². The second kappa shape index (κ2) is 40.9. The van der Waals surface area contributed by atoms with Crippen LogP contribution in [0.4, 0.5) is 0 Å². The Bertz CT molecular complexity index is 1360. The lowest BCUT2D eigenvalue weighted by Crippen LogP contribution is -2.46. The Hall–Kier alpha value is -0.731. The van der Waals surface area contributed by atoms with Gasteiger partial charge in [0, 0.05) is 13.7 Å². The average molecular weight is 1160 g/mol. The van der Waals surface area contributed by atoms with Crippen LogP contribution in [-0.4, -0.2) is 93.2 Å². The number of hydrogen-bond donors (Lipinski definition) is 0. The van der Waals surface area contributed by atoms with Crippen LogP contribution in [0.2, 0.25) is 98.2 Å². The second-order valence-electron chi connectivity index (χ2n) is 18.1. The van der Waals surface area contributed by atoms with Crippen LogP contribution in [0.5, 0.6) is 0 Å². The van der Waals surface area contributed by atoms with Crippen LogP contribution in [-0.2, 0) is 17.1 Å². The van der Waals surface area contributed by atoms with Crippen molar-refractivity contribution in [2.45, 2.75) is 105 Å². The first-order chi connectivity index (χ1) is 29.4. The number of halogens is 4. The van der Waals surface area contributed by atoms with Crippen LogP contribution in [0.25, 0.3) is 0 Å². The normalized spacial score (nSPS) is 11.4. The van der Waals surface area contributed by atoms with Gasteiger partial charge in [0.05, 0.1) is 0 Å². The molecule has 0 aromatic heterocycles. The maximum absolute atomic E-state index is 6.09. The molecule has 66 heavy (non-hydrogen) atoms. The Morgan fingerprint density at radius 1 is 0.364 bits per heavy atom. The van der Waals surface area contributed by atoms with E-state index in [1.54, 1.807) is 69.8 Å². The minimum absolute atomic E-state index is 0.811. The summed E-state index contributed by atoms with van der Waals surface area (Å²) in [5.41, 5.74) is 27.1. The lowest BCUT2D eigenvalue weighted by molar-refractivity contribution is 0.338. The minimum Gasteiger partial charge on any atom is -0.449 e. The molecular weight excluding hydrogens is 1060 g/mol. The largest absolute Gasteiger partial charge is 0.449 e. The van der Waals surface area contributed by atoms with Crippen LogP contribution in [0, 0.1) is 0 Å². The zero-order valence-corrected chi connectivity index (χ0v) is 58.1. The molecule has 0 unspecified atom stereocenters. The Kier molecular flexibility index (Phi) is 51.0. The summed E-state index contributed by atoms with van der Waals surface area (Å²) in [6.45, 7) is 89.7. The fourth-order valence-electron chi connectivity index (χ4n) is 2.58. The third kappa shape index (κ3) is 61.3. The molecule has 0 bridgehead atoms. The molecule has 382 valence electrons. The van der Waals surface area contributed by atoms with E-state index in [0.717, 1.165) is 6.61 Å². The molecule has 18 heteroatoms. The fourth-order valence-corrected chi connectivity index (χ4v) is 15.7. The van der Waals surface area contributed by atoms with Gasteiger partial charge < -0.3 is 17.1 Å². The summed E-state index contributed by atoms with van der Waals surface area (Å²) in [5.74, 6) is 0. The molecule has 0 amide bonds. The van der Waals surface area contributed by atoms with Crippen molar-refractivity contribution in [3.8, 4) is 0 Å². The van der Waals surface area contributed by atoms with Gasteiger partial charge in [-0.3, -0.25) is 0 Å². The molecule has 0 fully saturated rings. The van der Waals surface area contributed by atoms with Gasteiger partial charge in [-0.1, -0.05) is 118 Å². The van der Waals surface area contributed by atoms with Crippen LogP contribution in [0.15, 0.2) is 184 Å². The van der Waals surface area contributed by atoms with Crippen LogP contribution in [0.3, 0.4) is 0 Å². The highest BCUT2D eigenvalue weighted by Gasteiger charge is 2.35. The Morgan fingerprint density at radius 3 is 0.667 bits per heavy atom. The quantitative estimate of drug-likeness (QED) is 0.0800. The second-order valence-corrected chi connectivity index (χ2v) is 65.8. The average Bonchev–Trinajstić information content (AvgIpc) is 3.24. The zero-order chi connectivity index (χ0) is 55.1. The fraction of sp³-hybridized carbons (Fsp3) is 0.375. The molecule has 0 atom stereocenters. The highest BCUT2D eigenvalue weighted by atomic mass is 35.6. The summed E-state index contributed by atoms with van der Waals surface area (Å²) < 4.78 is 22.5. The van der Waals surface area contributed by atoms with Crippen LogP contribution < -0.4 is 0 Å². The van der Waals surface area contributed by atoms with Crippen molar-refractivity contribution in [2.75, 3.05) is 13.7 Å². The van der Waals surface area contributed by atoms with Gasteiger partial charge in [0.25, 0.3) is 16.6 Å². The van der Waals surface area contributed by atoms with Crippen molar-refractivity contribution in [2.24, 2.45) is 0 Å². The van der Waals surface area contributed by atoms with Crippen molar-refractivity contribution >= 4 is 124 Å². The molecule has 0 heterocycles. The van der Waals surface area contributed by atoms with Gasteiger partial charge >= 0.3 is 0 Å². The molecular formula is C48H98Cl4O4Si10. The summed E-state index contributed by atoms with van der Waals surface area (Å²) in [7, 11) is -14.6. The highest BCUT2D eigenvalue weighted by Crippen LogP contribution is 2.20. The molecule has 0 aliphatic rings. The third-order valence-electron chi connectivity index (χ3n) is 7.62. The summed E-state index contributed by atoms with van der Waals surface area (Å²) in [6.07, 6.45) is 0. The van der Waals surface area contributed by atoms with E-state index < -0.39 is 79.4 Å². The van der Waals surface area contributed by atoms with Gasteiger partial charge in [-0.2, -0.15) is 44.3 Å². The van der Waals surface area contributed by atoms with Gasteiger partial charge in [0.1, 0.15) is 7.38 Å². The predicted molar refractivity (Wildman–Crippen MR) is 343 cm³/mol. The standard InChI is InChI=1S/C12H18OSi2.C8H18OSi2.C6H9ClSi.C6H14OSi.C5H9ClSi.C4H9ClSi.C4H12OSi.C3H9ClSi/c1-7-14(8-2,9-3)13-15(10-4,11-5)12-6;1-7-10(3,4)9-11(5,6)8-2;1-4-8(7,5-2)6-3;1-5-7-8(3,4)6-2;1-4-7(3,6)5-2;1-4-6(2,3)5;1-5-6(2,3)4;1-5(2,3)4/h7-12H,1-6H2;7-8H,1-2H2,3-6H3;4-6H,1-3H2;6H,2,5H2,1,3-4H3;4-5H,1-2H2,3H3;4H,1H2,2-3H3;1-4H3;1-3H3. The summed E-state index contributed by atoms with van der Waals surface area (Å²) in [6, 6.07) is 0. The molecule has 0 saturated heterocycles. The van der Waals surface area contributed by atoms with Crippen molar-refractivity contribution in [3.05, 3.63) is 184 Å². The number of hydrogen-bond acceptors (Lipinski definition) is 4. The van der Waals surface area contributed by atoms with E-state index in [1.165, 1.54) is 0 Å². The molecule has 4 nitrogen and oxygen atoms in total. The van der Waals surface area contributed by atoms with E-state index >= 15 is 0 Å². The Labute approximate surface area is 440 Å². The van der Waals surface area contributed by atoms with Gasteiger partial charge in [-0.15, -0.1) is 98.7 Å². The molecule has 0 aliphatic carbocycles. The van der Waals surface area contributed by atoms with E-state index in [1.807, 2.05) is 49.4 Å². The first kappa shape index (κ1) is 82.2. The van der Waals surface area contributed by atoms with E-state index in [4.69, 9.17) is 61.4 Å². The van der Waals surface area contributed by atoms with Gasteiger partial charge in [0.15, 0.2) is 39.7 Å². The molecule has 0 spiro atoms. The molecule has 0 rings (SSSR count). The maximum Gasteiger partial charge on any atom is 0.254 e.